The predicted octanol–water partition coefficient (Wildman–Crippen LogP) is 1.06. The zero-order valence-electron chi connectivity index (χ0n) is 14.6. The number of sulfonamides is 1. The molecule has 0 aromatic heterocycles. The van der Waals surface area contributed by atoms with Gasteiger partial charge in [-0.25, -0.2) is 8.42 Å². The fraction of sp³-hybridized carbons (Fsp3) is 0.647. The summed E-state index contributed by atoms with van der Waals surface area (Å²) in [6.45, 7) is 5.01. The molecule has 3 rings (SSSR count). The van der Waals surface area contributed by atoms with E-state index in [2.05, 4.69) is 6.92 Å². The summed E-state index contributed by atoms with van der Waals surface area (Å²) >= 11 is 0. The molecule has 0 bridgehead atoms. The van der Waals surface area contributed by atoms with Gasteiger partial charge >= 0.3 is 0 Å². The molecule has 25 heavy (non-hydrogen) atoms. The number of quaternary nitrogens is 1. The number of non-ortho nitro benzene ring substituents is 1. The molecule has 1 saturated heterocycles. The van der Waals surface area contributed by atoms with Gasteiger partial charge in [0, 0.05) is 18.6 Å². The molecule has 7 nitrogen and oxygen atoms in total. The maximum Gasteiger partial charge on any atom is 0.269 e. The van der Waals surface area contributed by atoms with Crippen LogP contribution in [0.4, 0.5) is 5.69 Å². The first-order valence-corrected chi connectivity index (χ1v) is 10.4. The topological polar surface area (TPSA) is 85.0 Å². The average molecular weight is 368 g/mol. The highest BCUT2D eigenvalue weighted by atomic mass is 32.2. The number of nitrogens with one attached hydrogen (secondary N) is 1. The Labute approximate surface area is 148 Å². The summed E-state index contributed by atoms with van der Waals surface area (Å²) in [6.07, 6.45) is 5.07. The van der Waals surface area contributed by atoms with Crippen molar-refractivity contribution in [3.8, 4) is 0 Å². The van der Waals surface area contributed by atoms with Gasteiger partial charge in [0.2, 0.25) is 10.0 Å². The first kappa shape index (κ1) is 18.3. The van der Waals surface area contributed by atoms with E-state index in [4.69, 9.17) is 0 Å². The SMILES string of the molecule is CC1CCCC([NH+]2CCN(S(=O)(=O)c3ccc([N+](=O)[O-])cc3)CC2)C1. The van der Waals surface area contributed by atoms with E-state index in [-0.39, 0.29) is 10.6 Å². The van der Waals surface area contributed by atoms with E-state index in [0.717, 1.165) is 19.0 Å². The molecule has 1 N–H and O–H groups in total. The number of hydrogen-bond acceptors (Lipinski definition) is 4. The monoisotopic (exact) mass is 368 g/mol. The number of hydrogen-bond donors (Lipinski definition) is 1. The average Bonchev–Trinajstić information content (AvgIpc) is 2.62. The van der Waals surface area contributed by atoms with Gasteiger partial charge in [-0.15, -0.1) is 0 Å². The second-order valence-electron chi connectivity index (χ2n) is 7.28. The lowest BCUT2D eigenvalue weighted by molar-refractivity contribution is -0.930. The summed E-state index contributed by atoms with van der Waals surface area (Å²) in [5, 5.41) is 10.7. The third-order valence-corrected chi connectivity index (χ3v) is 7.48. The van der Waals surface area contributed by atoms with Crippen molar-refractivity contribution in [2.75, 3.05) is 26.2 Å². The van der Waals surface area contributed by atoms with Gasteiger partial charge in [0.15, 0.2) is 0 Å². The van der Waals surface area contributed by atoms with Gasteiger partial charge in [-0.1, -0.05) is 13.3 Å². The molecule has 0 amide bonds. The summed E-state index contributed by atoms with van der Waals surface area (Å²) in [4.78, 5) is 11.9. The second kappa shape index (κ2) is 7.39. The van der Waals surface area contributed by atoms with Crippen molar-refractivity contribution < 1.29 is 18.2 Å². The second-order valence-corrected chi connectivity index (χ2v) is 9.22. The summed E-state index contributed by atoms with van der Waals surface area (Å²) < 4.78 is 27.0. The van der Waals surface area contributed by atoms with Gasteiger partial charge in [0.1, 0.15) is 0 Å². The van der Waals surface area contributed by atoms with Gasteiger partial charge in [0.25, 0.3) is 5.69 Å². The molecule has 2 unspecified atom stereocenters. The summed E-state index contributed by atoms with van der Waals surface area (Å²) in [6, 6.07) is 5.81. The van der Waals surface area contributed by atoms with Crippen molar-refractivity contribution in [3.05, 3.63) is 34.4 Å². The van der Waals surface area contributed by atoms with Gasteiger partial charge in [-0.05, 0) is 30.9 Å². The number of rotatable bonds is 4. The van der Waals surface area contributed by atoms with Gasteiger partial charge < -0.3 is 4.90 Å². The van der Waals surface area contributed by atoms with Crippen LogP contribution in [0.2, 0.25) is 0 Å². The maximum atomic E-state index is 12.8. The lowest BCUT2D eigenvalue weighted by Gasteiger charge is -2.38. The van der Waals surface area contributed by atoms with Crippen molar-refractivity contribution in [1.82, 2.24) is 4.31 Å². The van der Waals surface area contributed by atoms with Crippen LogP contribution >= 0.6 is 0 Å². The molecule has 0 radical (unpaired) electrons. The van der Waals surface area contributed by atoms with Gasteiger partial charge in [-0.2, -0.15) is 4.31 Å². The molecule has 1 aliphatic carbocycles. The number of nitro groups is 1. The molecular formula is C17H26N3O4S+. The number of nitro benzene ring substituents is 1. The van der Waals surface area contributed by atoms with Crippen LogP contribution in [0.5, 0.6) is 0 Å². The van der Waals surface area contributed by atoms with E-state index >= 15 is 0 Å². The molecule has 2 atom stereocenters. The Morgan fingerprint density at radius 1 is 1.16 bits per heavy atom. The lowest BCUT2D eigenvalue weighted by atomic mass is 9.86. The van der Waals surface area contributed by atoms with E-state index in [1.165, 1.54) is 59.2 Å². The fourth-order valence-corrected chi connectivity index (χ4v) is 5.56. The molecule has 1 saturated carbocycles. The standard InChI is InChI=1S/C17H25N3O4S/c1-14-3-2-4-16(13-14)18-9-11-19(12-10-18)25(23,24)17-7-5-15(6-8-17)20(21)22/h5-8,14,16H,2-4,9-13H2,1H3/p+1. The van der Waals surface area contributed by atoms with Crippen LogP contribution < -0.4 is 4.90 Å². The van der Waals surface area contributed by atoms with Crippen molar-refractivity contribution >= 4 is 15.7 Å². The van der Waals surface area contributed by atoms with E-state index in [9.17, 15) is 18.5 Å². The van der Waals surface area contributed by atoms with E-state index in [1.54, 1.807) is 0 Å². The fourth-order valence-electron chi connectivity index (χ4n) is 4.12. The summed E-state index contributed by atoms with van der Waals surface area (Å²) in [5.74, 6) is 0.771. The molecule has 138 valence electrons. The molecule has 1 aromatic carbocycles. The first-order chi connectivity index (χ1) is 11.9. The minimum Gasteiger partial charge on any atom is -0.330 e. The molecule has 2 aliphatic rings. The molecule has 1 heterocycles. The lowest BCUT2D eigenvalue weighted by Crippen LogP contribution is -3.18. The highest BCUT2D eigenvalue weighted by molar-refractivity contribution is 7.89. The molecular weight excluding hydrogens is 342 g/mol. The predicted molar refractivity (Wildman–Crippen MR) is 94.0 cm³/mol. The van der Waals surface area contributed by atoms with Crippen LogP contribution in [0.25, 0.3) is 0 Å². The van der Waals surface area contributed by atoms with Crippen LogP contribution in [0.3, 0.4) is 0 Å². The number of piperazine rings is 1. The summed E-state index contributed by atoms with van der Waals surface area (Å²) in [5.41, 5.74) is -0.0976. The first-order valence-electron chi connectivity index (χ1n) is 8.97. The molecule has 1 aromatic rings. The molecule has 2 fully saturated rings. The third-order valence-electron chi connectivity index (χ3n) is 5.56. The minimum atomic E-state index is -3.57. The zero-order valence-corrected chi connectivity index (χ0v) is 15.4. The van der Waals surface area contributed by atoms with Crippen LogP contribution in [0, 0.1) is 16.0 Å². The Morgan fingerprint density at radius 3 is 2.36 bits per heavy atom. The number of benzene rings is 1. The van der Waals surface area contributed by atoms with E-state index in [1.807, 2.05) is 0 Å². The smallest absolute Gasteiger partial charge is 0.269 e. The Morgan fingerprint density at radius 2 is 1.80 bits per heavy atom. The Balaban J connectivity index is 1.64. The molecule has 8 heteroatoms. The van der Waals surface area contributed by atoms with Crippen molar-refractivity contribution in [3.63, 3.8) is 0 Å². The minimum absolute atomic E-state index is 0.0976. The highest BCUT2D eigenvalue weighted by Gasteiger charge is 2.35. The zero-order chi connectivity index (χ0) is 18.0. The van der Waals surface area contributed by atoms with E-state index < -0.39 is 14.9 Å². The molecule has 1 aliphatic heterocycles. The normalized spacial score (nSPS) is 26.4. The van der Waals surface area contributed by atoms with Gasteiger partial charge in [-0.3, -0.25) is 10.1 Å². The van der Waals surface area contributed by atoms with E-state index in [0.29, 0.717) is 19.1 Å². The largest absolute Gasteiger partial charge is 0.330 e. The van der Waals surface area contributed by atoms with Crippen molar-refractivity contribution in [1.29, 1.82) is 0 Å². The highest BCUT2D eigenvalue weighted by Crippen LogP contribution is 2.23. The third kappa shape index (κ3) is 4.02. The van der Waals surface area contributed by atoms with Crippen LogP contribution in [0.1, 0.15) is 32.6 Å². The summed E-state index contributed by atoms with van der Waals surface area (Å²) in [7, 11) is -3.57. The number of nitrogens with zero attached hydrogens (tertiary/aromatic N) is 2. The quantitative estimate of drug-likeness (QED) is 0.636. The van der Waals surface area contributed by atoms with Crippen LogP contribution in [0.15, 0.2) is 29.2 Å². The van der Waals surface area contributed by atoms with Gasteiger partial charge in [0.05, 0.1) is 42.0 Å². The Hall–Kier alpha value is -1.51. The Bertz CT molecular complexity index is 712. The van der Waals surface area contributed by atoms with Crippen molar-refractivity contribution in [2.24, 2.45) is 5.92 Å². The molecule has 0 spiro atoms. The van der Waals surface area contributed by atoms with Crippen LogP contribution in [-0.4, -0.2) is 49.9 Å². The van der Waals surface area contributed by atoms with Crippen molar-refractivity contribution in [2.45, 2.75) is 43.5 Å². The van der Waals surface area contributed by atoms with Crippen LogP contribution in [-0.2, 0) is 10.0 Å². The Kier molecular flexibility index (Phi) is 5.41. The maximum absolute atomic E-state index is 12.8.